The average molecular weight is 489 g/mol. The lowest BCUT2D eigenvalue weighted by Gasteiger charge is -2.25. The number of aromatic nitrogens is 1. The van der Waals surface area contributed by atoms with Crippen LogP contribution < -0.4 is 4.90 Å². The van der Waals surface area contributed by atoms with Gasteiger partial charge in [-0.15, -0.1) is 0 Å². The minimum absolute atomic E-state index is 1.09. The molecular weight excluding hydrogens is 468 g/mol. The molecule has 33 heavy (non-hydrogen) atoms. The average Bonchev–Trinajstić information content (AvgIpc) is 3.20. The van der Waals surface area contributed by atoms with Gasteiger partial charge in [-0.25, -0.2) is 0 Å². The third-order valence-electron chi connectivity index (χ3n) is 6.03. The molecular formula is C30H21BrN2. The molecule has 0 aliphatic carbocycles. The Hall–Kier alpha value is -3.82. The van der Waals surface area contributed by atoms with E-state index in [1.807, 2.05) is 0 Å². The van der Waals surface area contributed by atoms with Gasteiger partial charge in [-0.3, -0.25) is 0 Å². The Morgan fingerprint density at radius 1 is 0.485 bits per heavy atom. The zero-order valence-electron chi connectivity index (χ0n) is 17.9. The Bertz CT molecular complexity index is 1510. The maximum absolute atomic E-state index is 3.64. The summed E-state index contributed by atoms with van der Waals surface area (Å²) < 4.78 is 3.44. The van der Waals surface area contributed by atoms with Gasteiger partial charge in [0, 0.05) is 38.0 Å². The van der Waals surface area contributed by atoms with E-state index in [0.717, 1.165) is 27.2 Å². The molecule has 0 bridgehead atoms. The molecule has 0 fully saturated rings. The molecule has 0 atom stereocenters. The van der Waals surface area contributed by atoms with Gasteiger partial charge in [-0.2, -0.15) is 0 Å². The fourth-order valence-electron chi connectivity index (χ4n) is 4.58. The third-order valence-corrected chi connectivity index (χ3v) is 6.52. The van der Waals surface area contributed by atoms with E-state index in [1.54, 1.807) is 0 Å². The third kappa shape index (κ3) is 3.51. The second-order valence-corrected chi connectivity index (χ2v) is 8.95. The van der Waals surface area contributed by atoms with E-state index >= 15 is 0 Å². The Balaban J connectivity index is 1.50. The molecule has 0 aliphatic rings. The molecule has 6 rings (SSSR count). The molecule has 0 radical (unpaired) electrons. The van der Waals surface area contributed by atoms with E-state index in [4.69, 9.17) is 0 Å². The van der Waals surface area contributed by atoms with Crippen molar-refractivity contribution in [2.45, 2.75) is 0 Å². The first-order chi connectivity index (χ1) is 16.3. The van der Waals surface area contributed by atoms with E-state index in [2.05, 4.69) is 153 Å². The van der Waals surface area contributed by atoms with E-state index in [0.29, 0.717) is 0 Å². The Labute approximate surface area is 201 Å². The van der Waals surface area contributed by atoms with Crippen LogP contribution in [0.15, 0.2) is 132 Å². The number of hydrogen-bond donors (Lipinski definition) is 0. The monoisotopic (exact) mass is 488 g/mol. The summed E-state index contributed by atoms with van der Waals surface area (Å²) in [6, 6.07) is 44.9. The second kappa shape index (κ2) is 8.27. The lowest BCUT2D eigenvalue weighted by atomic mass is 10.2. The number of nitrogens with zero attached hydrogens (tertiary/aromatic N) is 2. The van der Waals surface area contributed by atoms with Crippen LogP contribution in [0.5, 0.6) is 0 Å². The zero-order valence-corrected chi connectivity index (χ0v) is 19.5. The number of hydrogen-bond acceptors (Lipinski definition) is 1. The lowest BCUT2D eigenvalue weighted by Crippen LogP contribution is -2.09. The second-order valence-electron chi connectivity index (χ2n) is 8.04. The van der Waals surface area contributed by atoms with Gasteiger partial charge in [0.25, 0.3) is 0 Å². The quantitative estimate of drug-likeness (QED) is 0.240. The van der Waals surface area contributed by atoms with Crippen LogP contribution in [0.2, 0.25) is 0 Å². The molecule has 6 aromatic rings. The lowest BCUT2D eigenvalue weighted by molar-refractivity contribution is 1.17. The molecule has 158 valence electrons. The number of halogens is 1. The SMILES string of the molecule is Brc1ccc2c(c1)c1ccccc1n2-c1ccc(N(c2ccccc2)c2ccccc2)cc1. The fraction of sp³-hybridized carbons (Fsp3) is 0. The Morgan fingerprint density at radius 2 is 1.03 bits per heavy atom. The molecule has 0 saturated carbocycles. The predicted molar refractivity (Wildman–Crippen MR) is 143 cm³/mol. The van der Waals surface area contributed by atoms with Gasteiger partial charge in [-0.1, -0.05) is 70.5 Å². The highest BCUT2D eigenvalue weighted by atomic mass is 79.9. The maximum Gasteiger partial charge on any atom is 0.0541 e. The van der Waals surface area contributed by atoms with Crippen molar-refractivity contribution in [2.24, 2.45) is 0 Å². The van der Waals surface area contributed by atoms with Crippen molar-refractivity contribution in [3.05, 3.63) is 132 Å². The van der Waals surface area contributed by atoms with Crippen LogP contribution in [0, 0.1) is 0 Å². The van der Waals surface area contributed by atoms with E-state index in [-0.39, 0.29) is 0 Å². The van der Waals surface area contributed by atoms with Crippen molar-refractivity contribution < 1.29 is 0 Å². The number of para-hydroxylation sites is 3. The van der Waals surface area contributed by atoms with E-state index < -0.39 is 0 Å². The Morgan fingerprint density at radius 3 is 1.70 bits per heavy atom. The van der Waals surface area contributed by atoms with Gasteiger partial charge in [0.05, 0.1) is 11.0 Å². The van der Waals surface area contributed by atoms with Crippen LogP contribution in [0.4, 0.5) is 17.1 Å². The van der Waals surface area contributed by atoms with Crippen molar-refractivity contribution in [2.75, 3.05) is 4.90 Å². The smallest absolute Gasteiger partial charge is 0.0541 e. The number of benzene rings is 5. The Kier molecular flexibility index (Phi) is 4.97. The van der Waals surface area contributed by atoms with E-state index in [1.165, 1.54) is 21.8 Å². The van der Waals surface area contributed by atoms with Gasteiger partial charge in [-0.05, 0) is 72.8 Å². The van der Waals surface area contributed by atoms with Crippen LogP contribution in [0.25, 0.3) is 27.5 Å². The van der Waals surface area contributed by atoms with Gasteiger partial charge in [0.15, 0.2) is 0 Å². The summed E-state index contributed by atoms with van der Waals surface area (Å²) >= 11 is 3.64. The number of rotatable bonds is 4. The van der Waals surface area contributed by atoms with Gasteiger partial charge in [0.2, 0.25) is 0 Å². The summed E-state index contributed by atoms with van der Waals surface area (Å²) in [5, 5.41) is 2.51. The first-order valence-electron chi connectivity index (χ1n) is 11.0. The highest BCUT2D eigenvalue weighted by Gasteiger charge is 2.14. The van der Waals surface area contributed by atoms with Gasteiger partial charge >= 0.3 is 0 Å². The highest BCUT2D eigenvalue weighted by molar-refractivity contribution is 9.10. The highest BCUT2D eigenvalue weighted by Crippen LogP contribution is 2.37. The van der Waals surface area contributed by atoms with Crippen molar-refractivity contribution >= 4 is 54.8 Å². The molecule has 0 saturated heterocycles. The van der Waals surface area contributed by atoms with Crippen molar-refractivity contribution in [3.63, 3.8) is 0 Å². The molecule has 0 aliphatic heterocycles. The molecule has 0 amide bonds. The molecule has 0 unspecified atom stereocenters. The fourth-order valence-corrected chi connectivity index (χ4v) is 4.94. The molecule has 1 heterocycles. The van der Waals surface area contributed by atoms with Crippen LogP contribution in [0.3, 0.4) is 0 Å². The largest absolute Gasteiger partial charge is 0.311 e. The molecule has 0 N–H and O–H groups in total. The predicted octanol–water partition coefficient (Wildman–Crippen LogP) is 9.02. The van der Waals surface area contributed by atoms with Crippen molar-refractivity contribution in [1.82, 2.24) is 4.57 Å². The van der Waals surface area contributed by atoms with Crippen LogP contribution in [-0.4, -0.2) is 4.57 Å². The van der Waals surface area contributed by atoms with Crippen molar-refractivity contribution in [1.29, 1.82) is 0 Å². The van der Waals surface area contributed by atoms with Gasteiger partial charge < -0.3 is 9.47 Å². The molecule has 0 spiro atoms. The van der Waals surface area contributed by atoms with Crippen LogP contribution >= 0.6 is 15.9 Å². The first-order valence-corrected chi connectivity index (χ1v) is 11.8. The molecule has 2 nitrogen and oxygen atoms in total. The summed E-state index contributed by atoms with van der Waals surface area (Å²) in [7, 11) is 0. The molecule has 1 aromatic heterocycles. The van der Waals surface area contributed by atoms with Crippen molar-refractivity contribution in [3.8, 4) is 5.69 Å². The minimum Gasteiger partial charge on any atom is -0.311 e. The maximum atomic E-state index is 3.64. The topological polar surface area (TPSA) is 8.17 Å². The first kappa shape index (κ1) is 19.8. The standard InChI is InChI=1S/C30H21BrN2/c31-22-15-20-30-28(21-22)27-13-7-8-14-29(27)33(30)26-18-16-25(17-19-26)32(23-9-3-1-4-10-23)24-11-5-2-6-12-24/h1-21H. The summed E-state index contributed by atoms with van der Waals surface area (Å²) in [6.45, 7) is 0. The summed E-state index contributed by atoms with van der Waals surface area (Å²) in [4.78, 5) is 2.28. The number of fused-ring (bicyclic) bond motifs is 3. The summed E-state index contributed by atoms with van der Waals surface area (Å²) in [5.41, 5.74) is 6.96. The number of anilines is 3. The minimum atomic E-state index is 1.09. The summed E-state index contributed by atoms with van der Waals surface area (Å²) in [6.07, 6.45) is 0. The molecule has 3 heteroatoms. The van der Waals surface area contributed by atoms with E-state index in [9.17, 15) is 0 Å². The molecule has 5 aromatic carbocycles. The zero-order chi connectivity index (χ0) is 22.2. The van der Waals surface area contributed by atoms with Crippen LogP contribution in [0.1, 0.15) is 0 Å². The van der Waals surface area contributed by atoms with Gasteiger partial charge in [0.1, 0.15) is 0 Å². The normalized spacial score (nSPS) is 11.2. The van der Waals surface area contributed by atoms with Crippen LogP contribution in [-0.2, 0) is 0 Å². The summed E-state index contributed by atoms with van der Waals surface area (Å²) in [5.74, 6) is 0.